The van der Waals surface area contributed by atoms with Crippen LogP contribution in [0.5, 0.6) is 0 Å². The Morgan fingerprint density at radius 1 is 1.39 bits per heavy atom. The van der Waals surface area contributed by atoms with Gasteiger partial charge in [-0.25, -0.2) is 19.0 Å². The zero-order valence-corrected chi connectivity index (χ0v) is 18.1. The van der Waals surface area contributed by atoms with Crippen LogP contribution < -0.4 is 5.73 Å². The van der Waals surface area contributed by atoms with Crippen molar-refractivity contribution in [3.63, 3.8) is 0 Å². The van der Waals surface area contributed by atoms with E-state index in [4.69, 9.17) is 17.3 Å². The Morgan fingerprint density at radius 3 is 2.94 bits per heavy atom. The highest BCUT2D eigenvalue weighted by Crippen LogP contribution is 2.35. The highest BCUT2D eigenvalue weighted by molar-refractivity contribution is 6.30. The van der Waals surface area contributed by atoms with Crippen LogP contribution in [-0.2, 0) is 4.79 Å². The molecule has 1 aromatic carbocycles. The molecule has 1 aliphatic heterocycles. The van der Waals surface area contributed by atoms with Crippen LogP contribution in [0, 0.1) is 5.82 Å². The van der Waals surface area contributed by atoms with E-state index in [1.165, 1.54) is 12.4 Å². The molecule has 1 unspecified atom stereocenters. The molecular formula is C21H23ClFN7O. The Hall–Kier alpha value is -3.04. The molecular weight excluding hydrogens is 421 g/mol. The number of fused-ring (bicyclic) bond motifs is 1. The standard InChI is InChI=1S/C21H23ClFN7O/c1-28(2)8-3-4-17(31)29-9-7-14(11-29)30-21-18(20(24)25-12-26-21)19(27-30)15-6-5-13(22)10-16(15)23/h3-6,10,12,14H,7-9,11H2,1-2H3,(H2,24,25,26)/b4-3+. The zero-order chi connectivity index (χ0) is 22.1. The van der Waals surface area contributed by atoms with E-state index < -0.39 is 5.82 Å². The van der Waals surface area contributed by atoms with E-state index in [1.54, 1.807) is 27.8 Å². The molecule has 1 fully saturated rings. The first kappa shape index (κ1) is 21.2. The predicted molar refractivity (Wildman–Crippen MR) is 118 cm³/mol. The lowest BCUT2D eigenvalue weighted by Gasteiger charge is -2.15. The van der Waals surface area contributed by atoms with Crippen molar-refractivity contribution in [3.8, 4) is 11.3 Å². The molecule has 3 heterocycles. The lowest BCUT2D eigenvalue weighted by atomic mass is 10.1. The molecule has 0 spiro atoms. The first-order valence-electron chi connectivity index (χ1n) is 9.89. The minimum Gasteiger partial charge on any atom is -0.383 e. The normalized spacial score (nSPS) is 16.8. The second-order valence-corrected chi connectivity index (χ2v) is 8.20. The lowest BCUT2D eigenvalue weighted by molar-refractivity contribution is -0.125. The van der Waals surface area contributed by atoms with Gasteiger partial charge in [0.15, 0.2) is 5.65 Å². The van der Waals surface area contributed by atoms with E-state index in [1.807, 2.05) is 25.1 Å². The average Bonchev–Trinajstić information content (AvgIpc) is 3.33. The number of amides is 1. The molecule has 0 bridgehead atoms. The van der Waals surface area contributed by atoms with Crippen LogP contribution in [0.2, 0.25) is 5.02 Å². The number of likely N-dealkylation sites (N-methyl/N-ethyl adjacent to an activating group) is 1. The van der Waals surface area contributed by atoms with Gasteiger partial charge in [-0.15, -0.1) is 0 Å². The van der Waals surface area contributed by atoms with Crippen LogP contribution in [0.15, 0.2) is 36.7 Å². The second kappa shape index (κ2) is 8.60. The van der Waals surface area contributed by atoms with Gasteiger partial charge < -0.3 is 15.5 Å². The smallest absolute Gasteiger partial charge is 0.246 e. The molecule has 162 valence electrons. The third-order valence-electron chi connectivity index (χ3n) is 5.26. The molecule has 31 heavy (non-hydrogen) atoms. The summed E-state index contributed by atoms with van der Waals surface area (Å²) < 4.78 is 16.4. The van der Waals surface area contributed by atoms with Gasteiger partial charge in [0.2, 0.25) is 5.91 Å². The van der Waals surface area contributed by atoms with Gasteiger partial charge in [0.05, 0.1) is 11.4 Å². The molecule has 1 aliphatic rings. The monoisotopic (exact) mass is 443 g/mol. The molecule has 2 N–H and O–H groups in total. The van der Waals surface area contributed by atoms with Crippen LogP contribution in [0.25, 0.3) is 22.3 Å². The van der Waals surface area contributed by atoms with Crippen LogP contribution in [0.1, 0.15) is 12.5 Å². The highest BCUT2D eigenvalue weighted by Gasteiger charge is 2.30. The fourth-order valence-electron chi connectivity index (χ4n) is 3.73. The quantitative estimate of drug-likeness (QED) is 0.609. The van der Waals surface area contributed by atoms with E-state index in [9.17, 15) is 9.18 Å². The molecule has 2 aromatic heterocycles. The van der Waals surface area contributed by atoms with E-state index in [0.717, 1.165) is 0 Å². The van der Waals surface area contributed by atoms with Crippen molar-refractivity contribution in [1.82, 2.24) is 29.5 Å². The van der Waals surface area contributed by atoms with E-state index in [0.29, 0.717) is 47.8 Å². The maximum absolute atomic E-state index is 14.6. The number of anilines is 1. The molecule has 0 radical (unpaired) electrons. The van der Waals surface area contributed by atoms with Crippen LogP contribution in [-0.4, -0.2) is 69.2 Å². The van der Waals surface area contributed by atoms with Crippen molar-refractivity contribution in [2.45, 2.75) is 12.5 Å². The Kier molecular flexibility index (Phi) is 5.88. The molecule has 1 atom stereocenters. The Morgan fingerprint density at radius 2 is 2.19 bits per heavy atom. The predicted octanol–water partition coefficient (Wildman–Crippen LogP) is 2.76. The van der Waals surface area contributed by atoms with Crippen molar-refractivity contribution < 1.29 is 9.18 Å². The first-order chi connectivity index (χ1) is 14.8. The molecule has 10 heteroatoms. The number of rotatable bonds is 5. The number of nitrogen functional groups attached to an aromatic ring is 1. The van der Waals surface area contributed by atoms with Crippen molar-refractivity contribution in [1.29, 1.82) is 0 Å². The van der Waals surface area contributed by atoms with Crippen molar-refractivity contribution in [3.05, 3.63) is 47.5 Å². The molecule has 4 rings (SSSR count). The summed E-state index contributed by atoms with van der Waals surface area (Å²) in [5.74, 6) is -0.325. The van der Waals surface area contributed by atoms with Gasteiger partial charge in [-0.3, -0.25) is 4.79 Å². The van der Waals surface area contributed by atoms with Crippen LogP contribution in [0.4, 0.5) is 10.2 Å². The summed E-state index contributed by atoms with van der Waals surface area (Å²) >= 11 is 5.90. The number of benzene rings is 1. The average molecular weight is 444 g/mol. The number of nitrogens with zero attached hydrogens (tertiary/aromatic N) is 6. The Bertz CT molecular complexity index is 1160. The van der Waals surface area contributed by atoms with Gasteiger partial charge in [-0.2, -0.15) is 5.10 Å². The highest BCUT2D eigenvalue weighted by atomic mass is 35.5. The topological polar surface area (TPSA) is 93.2 Å². The Balaban J connectivity index is 1.67. The summed E-state index contributed by atoms with van der Waals surface area (Å²) in [4.78, 5) is 24.7. The summed E-state index contributed by atoms with van der Waals surface area (Å²) in [5, 5.41) is 5.44. The molecule has 1 saturated heterocycles. The summed E-state index contributed by atoms with van der Waals surface area (Å²) in [6.07, 6.45) is 5.50. The van der Waals surface area contributed by atoms with Gasteiger partial charge in [0.25, 0.3) is 0 Å². The molecule has 8 nitrogen and oxygen atoms in total. The number of hydrogen-bond donors (Lipinski definition) is 1. The summed E-state index contributed by atoms with van der Waals surface area (Å²) in [5.41, 5.74) is 7.25. The minimum atomic E-state index is -0.503. The molecule has 1 amide bonds. The maximum Gasteiger partial charge on any atom is 0.246 e. The van der Waals surface area contributed by atoms with E-state index >= 15 is 0 Å². The zero-order valence-electron chi connectivity index (χ0n) is 17.3. The number of carbonyl (C=O) groups excluding carboxylic acids is 1. The Labute approximate surface area is 184 Å². The van der Waals surface area contributed by atoms with Crippen LogP contribution >= 0.6 is 11.6 Å². The van der Waals surface area contributed by atoms with Crippen LogP contribution in [0.3, 0.4) is 0 Å². The van der Waals surface area contributed by atoms with Crippen molar-refractivity contribution >= 4 is 34.4 Å². The number of likely N-dealkylation sites (tertiary alicyclic amines) is 1. The van der Waals surface area contributed by atoms with Gasteiger partial charge in [-0.1, -0.05) is 17.7 Å². The fraction of sp³-hybridized carbons (Fsp3) is 0.333. The summed E-state index contributed by atoms with van der Waals surface area (Å²) in [7, 11) is 3.89. The third kappa shape index (κ3) is 4.24. The molecule has 3 aromatic rings. The fourth-order valence-corrected chi connectivity index (χ4v) is 3.89. The number of halogens is 2. The van der Waals surface area contributed by atoms with E-state index in [2.05, 4.69) is 15.1 Å². The number of hydrogen-bond acceptors (Lipinski definition) is 6. The largest absolute Gasteiger partial charge is 0.383 e. The summed E-state index contributed by atoms with van der Waals surface area (Å²) in [6.45, 7) is 1.77. The lowest BCUT2D eigenvalue weighted by Crippen LogP contribution is -2.28. The van der Waals surface area contributed by atoms with Crippen molar-refractivity contribution in [2.24, 2.45) is 0 Å². The maximum atomic E-state index is 14.6. The van der Waals surface area contributed by atoms with E-state index in [-0.39, 0.29) is 23.3 Å². The molecule has 0 aliphatic carbocycles. The summed E-state index contributed by atoms with van der Waals surface area (Å²) in [6, 6.07) is 4.29. The van der Waals surface area contributed by atoms with Gasteiger partial charge in [0, 0.05) is 36.3 Å². The van der Waals surface area contributed by atoms with Gasteiger partial charge in [0.1, 0.15) is 23.7 Å². The number of nitrogens with two attached hydrogens (primary N) is 1. The van der Waals surface area contributed by atoms with Gasteiger partial charge >= 0.3 is 0 Å². The van der Waals surface area contributed by atoms with Gasteiger partial charge in [-0.05, 0) is 38.7 Å². The SMILES string of the molecule is CN(C)C/C=C/C(=O)N1CCC(n2nc(-c3ccc(Cl)cc3F)c3c(N)ncnc32)C1. The first-order valence-corrected chi connectivity index (χ1v) is 10.3. The number of carbonyl (C=O) groups is 1. The minimum absolute atomic E-state index is 0.0427. The third-order valence-corrected chi connectivity index (χ3v) is 5.49. The second-order valence-electron chi connectivity index (χ2n) is 7.77. The number of aromatic nitrogens is 4. The molecule has 0 saturated carbocycles. The van der Waals surface area contributed by atoms with Crippen molar-refractivity contribution in [2.75, 3.05) is 39.5 Å².